The lowest BCUT2D eigenvalue weighted by Gasteiger charge is -2.37. The van der Waals surface area contributed by atoms with Crippen LogP contribution in [0.4, 0.5) is 4.79 Å². The molecule has 0 saturated heterocycles. The van der Waals surface area contributed by atoms with Crippen molar-refractivity contribution in [2.75, 3.05) is 6.61 Å². The zero-order chi connectivity index (χ0) is 38.2. The Balaban J connectivity index is 1.14. The summed E-state index contributed by atoms with van der Waals surface area (Å²) >= 11 is 0. The van der Waals surface area contributed by atoms with Gasteiger partial charge in [0, 0.05) is 5.92 Å². The summed E-state index contributed by atoms with van der Waals surface area (Å²) in [5, 5.41) is 15.1. The van der Waals surface area contributed by atoms with Gasteiger partial charge in [-0.15, -0.1) is 0 Å². The number of fused-ring (bicyclic) bond motifs is 3. The largest absolute Gasteiger partial charge is 0.478 e. The summed E-state index contributed by atoms with van der Waals surface area (Å²) in [6.45, 7) is -0.214. The molecule has 6 aromatic carbocycles. The molecule has 55 heavy (non-hydrogen) atoms. The van der Waals surface area contributed by atoms with Gasteiger partial charge < -0.3 is 25.2 Å². The summed E-state index contributed by atoms with van der Waals surface area (Å²) in [7, 11) is 0. The number of ether oxygens (including phenoxy) is 2. The number of nitrogens with one attached hydrogen (secondary N) is 2. The fourth-order valence-corrected chi connectivity index (χ4v) is 7.20. The molecule has 7 rings (SSSR count). The van der Waals surface area contributed by atoms with Gasteiger partial charge in [0.05, 0.1) is 12.0 Å². The van der Waals surface area contributed by atoms with E-state index in [2.05, 4.69) is 10.6 Å². The van der Waals surface area contributed by atoms with Crippen LogP contribution in [0.5, 0.6) is 0 Å². The van der Waals surface area contributed by atoms with Gasteiger partial charge in [-0.05, 0) is 56.6 Å². The molecule has 3 N–H and O–H groups in total. The number of alkyl carbamates (subject to hydrolysis) is 1. The smallest absolute Gasteiger partial charge is 0.407 e. The zero-order valence-corrected chi connectivity index (χ0v) is 29.8. The molecule has 0 aromatic heterocycles. The van der Waals surface area contributed by atoms with Crippen LogP contribution in [-0.2, 0) is 31.2 Å². The van der Waals surface area contributed by atoms with Crippen molar-refractivity contribution < 1.29 is 33.8 Å². The Morgan fingerprint density at radius 2 is 1.07 bits per heavy atom. The number of carboxylic acid groups (broad SMARTS) is 1. The Kier molecular flexibility index (Phi) is 10.8. The van der Waals surface area contributed by atoms with Crippen molar-refractivity contribution in [3.8, 4) is 11.1 Å². The van der Waals surface area contributed by atoms with Crippen LogP contribution in [0.2, 0.25) is 0 Å². The number of benzene rings is 6. The van der Waals surface area contributed by atoms with E-state index in [1.54, 1.807) is 0 Å². The minimum atomic E-state index is -1.44. The fourth-order valence-electron chi connectivity index (χ4n) is 7.20. The van der Waals surface area contributed by atoms with Crippen molar-refractivity contribution in [1.82, 2.24) is 10.6 Å². The molecule has 0 saturated carbocycles. The molecule has 274 valence electrons. The van der Waals surface area contributed by atoms with Crippen LogP contribution in [0.15, 0.2) is 164 Å². The van der Waals surface area contributed by atoms with E-state index in [9.17, 15) is 24.3 Å². The maximum absolute atomic E-state index is 14.3. The molecule has 2 amide bonds. The highest BCUT2D eigenvalue weighted by molar-refractivity contribution is 5.89. The maximum atomic E-state index is 14.3. The molecular weight excluding hydrogens is 693 g/mol. The van der Waals surface area contributed by atoms with Crippen LogP contribution in [0.1, 0.15) is 56.1 Å². The first-order chi connectivity index (χ1) is 26.8. The van der Waals surface area contributed by atoms with Crippen LogP contribution in [-0.4, -0.2) is 41.7 Å². The molecule has 0 radical (unpaired) electrons. The molecule has 1 aliphatic carbocycles. The Morgan fingerprint density at radius 1 is 0.600 bits per heavy atom. The van der Waals surface area contributed by atoms with E-state index in [-0.39, 0.29) is 24.7 Å². The van der Waals surface area contributed by atoms with Crippen molar-refractivity contribution in [3.05, 3.63) is 203 Å². The number of esters is 1. The second kappa shape index (κ2) is 16.3. The Labute approximate surface area is 318 Å². The lowest BCUT2D eigenvalue weighted by Crippen LogP contribution is -2.51. The Hall–Kier alpha value is -7.00. The minimum absolute atomic E-state index is 0.00286. The number of carboxylic acids is 1. The number of amides is 2. The molecule has 0 spiro atoms. The molecule has 1 unspecified atom stereocenters. The van der Waals surface area contributed by atoms with Crippen LogP contribution < -0.4 is 10.6 Å². The van der Waals surface area contributed by atoms with Gasteiger partial charge in [-0.3, -0.25) is 4.79 Å². The van der Waals surface area contributed by atoms with Gasteiger partial charge in [-0.2, -0.15) is 0 Å². The summed E-state index contributed by atoms with van der Waals surface area (Å²) < 4.78 is 11.4. The standard InChI is InChI=1S/C46H38N2O7/c49-42(48-46(33-14-4-1-5-15-33,34-16-6-2-7-17-34)35-18-8-3-9-19-35)28-41(44(52)54-29-31-24-26-32(27-25-31)43(50)51)47-45(53)55-30-40-38-22-12-10-20-36(38)37-21-11-13-23-39(37)40/h1-27,40-41H,28-30H2,(H,47,53)(H,48,49)(H,50,51). The van der Waals surface area contributed by atoms with Gasteiger partial charge >= 0.3 is 18.0 Å². The summed E-state index contributed by atoms with van der Waals surface area (Å²) in [6.07, 6.45) is -1.36. The van der Waals surface area contributed by atoms with Gasteiger partial charge in [-0.25, -0.2) is 14.4 Å². The third-order valence-electron chi connectivity index (χ3n) is 9.84. The van der Waals surface area contributed by atoms with Crippen molar-refractivity contribution in [1.29, 1.82) is 0 Å². The van der Waals surface area contributed by atoms with E-state index in [0.717, 1.165) is 38.9 Å². The number of aromatic carboxylic acids is 1. The highest BCUT2D eigenvalue weighted by Gasteiger charge is 2.39. The number of carbonyl (C=O) groups excluding carboxylic acids is 3. The fraction of sp³-hybridized carbons (Fsp3) is 0.130. The molecule has 1 atom stereocenters. The summed E-state index contributed by atoms with van der Waals surface area (Å²) in [5.74, 6) is -2.71. The summed E-state index contributed by atoms with van der Waals surface area (Å²) in [5.41, 5.74) is 6.00. The number of rotatable bonds is 13. The Morgan fingerprint density at radius 3 is 1.56 bits per heavy atom. The first kappa shape index (κ1) is 36.4. The van der Waals surface area contributed by atoms with E-state index in [1.165, 1.54) is 24.3 Å². The van der Waals surface area contributed by atoms with E-state index >= 15 is 0 Å². The molecule has 0 heterocycles. The quantitative estimate of drug-likeness (QED) is 0.0816. The second-order valence-corrected chi connectivity index (χ2v) is 13.2. The Bertz CT molecular complexity index is 2150. The van der Waals surface area contributed by atoms with Crippen LogP contribution in [0, 0.1) is 0 Å². The van der Waals surface area contributed by atoms with Gasteiger partial charge in [0.2, 0.25) is 5.91 Å². The highest BCUT2D eigenvalue weighted by atomic mass is 16.6. The highest BCUT2D eigenvalue weighted by Crippen LogP contribution is 2.44. The predicted octanol–water partition coefficient (Wildman–Crippen LogP) is 7.83. The van der Waals surface area contributed by atoms with Crippen molar-refractivity contribution >= 4 is 23.9 Å². The lowest BCUT2D eigenvalue weighted by molar-refractivity contribution is -0.149. The van der Waals surface area contributed by atoms with E-state index in [0.29, 0.717) is 5.56 Å². The molecule has 9 nitrogen and oxygen atoms in total. The van der Waals surface area contributed by atoms with E-state index < -0.39 is 41.9 Å². The van der Waals surface area contributed by atoms with Crippen molar-refractivity contribution in [2.24, 2.45) is 0 Å². The molecule has 1 aliphatic rings. The molecule has 0 aliphatic heterocycles. The predicted molar refractivity (Wildman–Crippen MR) is 207 cm³/mol. The monoisotopic (exact) mass is 730 g/mol. The number of hydrogen-bond donors (Lipinski definition) is 3. The van der Waals surface area contributed by atoms with E-state index in [1.807, 2.05) is 140 Å². The zero-order valence-electron chi connectivity index (χ0n) is 29.8. The molecular formula is C46H38N2O7. The van der Waals surface area contributed by atoms with Gasteiger partial charge in [-0.1, -0.05) is 152 Å². The van der Waals surface area contributed by atoms with Crippen molar-refractivity contribution in [2.45, 2.75) is 30.5 Å². The number of carbonyl (C=O) groups is 4. The first-order valence-corrected chi connectivity index (χ1v) is 17.9. The minimum Gasteiger partial charge on any atom is -0.478 e. The first-order valence-electron chi connectivity index (χ1n) is 17.9. The van der Waals surface area contributed by atoms with Crippen LogP contribution in [0.3, 0.4) is 0 Å². The molecule has 0 fully saturated rings. The van der Waals surface area contributed by atoms with Crippen LogP contribution in [0.25, 0.3) is 11.1 Å². The SMILES string of the molecule is O=C(CC(NC(=O)OCC1c2ccccc2-c2ccccc21)C(=O)OCc1ccc(C(=O)O)cc1)NC(c1ccccc1)(c1ccccc1)c1ccccc1. The topological polar surface area (TPSA) is 131 Å². The van der Waals surface area contributed by atoms with E-state index in [4.69, 9.17) is 9.47 Å². The van der Waals surface area contributed by atoms with Gasteiger partial charge in [0.25, 0.3) is 0 Å². The summed E-state index contributed by atoms with van der Waals surface area (Å²) in [4.78, 5) is 52.9. The second-order valence-electron chi connectivity index (χ2n) is 13.2. The average molecular weight is 731 g/mol. The molecule has 0 bridgehead atoms. The van der Waals surface area contributed by atoms with Gasteiger partial charge in [0.15, 0.2) is 0 Å². The third-order valence-corrected chi connectivity index (χ3v) is 9.84. The lowest BCUT2D eigenvalue weighted by atomic mass is 9.77. The molecule has 9 heteroatoms. The summed E-state index contributed by atoms with van der Waals surface area (Å²) in [6, 6.07) is 48.9. The van der Waals surface area contributed by atoms with Gasteiger partial charge in [0.1, 0.15) is 24.8 Å². The average Bonchev–Trinajstić information content (AvgIpc) is 3.55. The van der Waals surface area contributed by atoms with Crippen molar-refractivity contribution in [3.63, 3.8) is 0 Å². The number of hydrogen-bond acceptors (Lipinski definition) is 6. The molecule has 6 aromatic rings. The third kappa shape index (κ3) is 7.87. The normalized spacial score (nSPS) is 12.4. The maximum Gasteiger partial charge on any atom is 0.407 e. The van der Waals surface area contributed by atoms with Crippen LogP contribution >= 0.6 is 0 Å².